The van der Waals surface area contributed by atoms with Gasteiger partial charge in [0.15, 0.2) is 15.9 Å². The molecular formula is C21H35NO5S. The van der Waals surface area contributed by atoms with Crippen LogP contribution in [0.4, 0.5) is 5.69 Å². The molecule has 3 unspecified atom stereocenters. The molecule has 1 aliphatic heterocycles. The van der Waals surface area contributed by atoms with E-state index in [1.165, 1.54) is 0 Å². The Labute approximate surface area is 169 Å². The molecule has 28 heavy (non-hydrogen) atoms. The maximum Gasteiger partial charge on any atom is 0.153 e. The second-order valence-corrected chi connectivity index (χ2v) is 10.8. The van der Waals surface area contributed by atoms with Gasteiger partial charge in [0.2, 0.25) is 0 Å². The molecule has 1 aromatic rings. The van der Waals surface area contributed by atoms with E-state index in [2.05, 4.69) is 6.92 Å². The minimum Gasteiger partial charge on any atom is -0.485 e. The van der Waals surface area contributed by atoms with Crippen LogP contribution >= 0.6 is 0 Å². The van der Waals surface area contributed by atoms with Crippen molar-refractivity contribution in [3.63, 3.8) is 0 Å². The average molecular weight is 414 g/mol. The summed E-state index contributed by atoms with van der Waals surface area (Å²) in [5, 5.41) is 21.0. The fourth-order valence-corrected chi connectivity index (χ4v) is 4.72. The molecule has 0 aliphatic carbocycles. The zero-order chi connectivity index (χ0) is 20.9. The molecule has 1 aliphatic rings. The first-order valence-corrected chi connectivity index (χ1v) is 12.0. The maximum absolute atomic E-state index is 11.6. The van der Waals surface area contributed by atoms with Crippen molar-refractivity contribution >= 4 is 15.5 Å². The number of sulfone groups is 1. The topological polar surface area (TPSA) is 87.1 Å². The second kappa shape index (κ2) is 9.46. The van der Waals surface area contributed by atoms with Gasteiger partial charge in [0.1, 0.15) is 5.75 Å². The molecule has 2 rings (SSSR count). The number of ether oxygens (including phenoxy) is 1. The minimum absolute atomic E-state index is 0.175. The molecule has 160 valence electrons. The Morgan fingerprint density at radius 1 is 1.14 bits per heavy atom. The van der Waals surface area contributed by atoms with Crippen molar-refractivity contribution in [3.05, 3.63) is 24.3 Å². The third-order valence-corrected chi connectivity index (χ3v) is 7.19. The lowest BCUT2D eigenvalue weighted by molar-refractivity contribution is -0.0879. The van der Waals surface area contributed by atoms with E-state index in [4.69, 9.17) is 4.74 Å². The van der Waals surface area contributed by atoms with Gasteiger partial charge in [-0.15, -0.1) is 0 Å². The molecule has 1 aromatic carbocycles. The Morgan fingerprint density at radius 3 is 2.21 bits per heavy atom. The standard InChI is InChI=1S/C21H35NO5S/c1-5-6-11-21(3,4)20(24)19(16(2)23)27-18-9-7-17(8-10-18)22-12-14-28(25,26)15-13-22/h7-10,16,19-20,23-24H,5-6,11-15H2,1-4H3. The molecular weight excluding hydrogens is 378 g/mol. The van der Waals surface area contributed by atoms with Crippen molar-refractivity contribution in [1.29, 1.82) is 0 Å². The third kappa shape index (κ3) is 6.09. The van der Waals surface area contributed by atoms with Crippen molar-refractivity contribution < 1.29 is 23.4 Å². The molecule has 0 amide bonds. The van der Waals surface area contributed by atoms with Gasteiger partial charge in [0, 0.05) is 18.8 Å². The van der Waals surface area contributed by atoms with Gasteiger partial charge in [-0.2, -0.15) is 0 Å². The van der Waals surface area contributed by atoms with Gasteiger partial charge >= 0.3 is 0 Å². The third-order valence-electron chi connectivity index (χ3n) is 5.58. The van der Waals surface area contributed by atoms with E-state index in [-0.39, 0.29) is 16.9 Å². The van der Waals surface area contributed by atoms with Gasteiger partial charge in [0.05, 0.1) is 23.7 Å². The Morgan fingerprint density at radius 2 is 1.71 bits per heavy atom. The number of hydrogen-bond donors (Lipinski definition) is 2. The van der Waals surface area contributed by atoms with Crippen molar-refractivity contribution in [1.82, 2.24) is 0 Å². The zero-order valence-corrected chi connectivity index (χ0v) is 18.3. The molecule has 0 bridgehead atoms. The van der Waals surface area contributed by atoms with Crippen LogP contribution in [0, 0.1) is 5.41 Å². The molecule has 2 N–H and O–H groups in total. The maximum atomic E-state index is 11.6. The number of benzene rings is 1. The quantitative estimate of drug-likeness (QED) is 0.647. The number of nitrogens with zero attached hydrogens (tertiary/aromatic N) is 1. The molecule has 0 spiro atoms. The molecule has 0 aromatic heterocycles. The highest BCUT2D eigenvalue weighted by Crippen LogP contribution is 2.32. The number of aliphatic hydroxyl groups excluding tert-OH is 2. The van der Waals surface area contributed by atoms with E-state index in [1.807, 2.05) is 30.9 Å². The molecule has 0 saturated carbocycles. The predicted molar refractivity (Wildman–Crippen MR) is 113 cm³/mol. The lowest BCUT2D eigenvalue weighted by atomic mass is 9.78. The summed E-state index contributed by atoms with van der Waals surface area (Å²) in [4.78, 5) is 2.04. The molecule has 3 atom stereocenters. The fourth-order valence-electron chi connectivity index (χ4n) is 3.51. The monoisotopic (exact) mass is 413 g/mol. The van der Waals surface area contributed by atoms with Crippen LogP contribution < -0.4 is 9.64 Å². The van der Waals surface area contributed by atoms with Crippen LogP contribution in [-0.4, -0.2) is 61.5 Å². The normalized spacial score (nSPS) is 20.4. The van der Waals surface area contributed by atoms with Gasteiger partial charge < -0.3 is 19.8 Å². The smallest absolute Gasteiger partial charge is 0.153 e. The van der Waals surface area contributed by atoms with Crippen molar-refractivity contribution in [2.45, 2.75) is 65.3 Å². The largest absolute Gasteiger partial charge is 0.485 e. The predicted octanol–water partition coefficient (Wildman–Crippen LogP) is 2.63. The summed E-state index contributed by atoms with van der Waals surface area (Å²) in [5.74, 6) is 0.924. The highest BCUT2D eigenvalue weighted by molar-refractivity contribution is 7.91. The first-order valence-electron chi connectivity index (χ1n) is 10.1. The van der Waals surface area contributed by atoms with E-state index in [9.17, 15) is 18.6 Å². The van der Waals surface area contributed by atoms with Crippen molar-refractivity contribution in [2.24, 2.45) is 5.41 Å². The van der Waals surface area contributed by atoms with E-state index < -0.39 is 28.1 Å². The van der Waals surface area contributed by atoms with Crippen molar-refractivity contribution in [2.75, 3.05) is 29.5 Å². The van der Waals surface area contributed by atoms with Gasteiger partial charge in [-0.25, -0.2) is 8.42 Å². The fraction of sp³-hybridized carbons (Fsp3) is 0.714. The number of aliphatic hydroxyl groups is 2. The molecule has 7 heteroatoms. The highest BCUT2D eigenvalue weighted by atomic mass is 32.2. The van der Waals surface area contributed by atoms with E-state index >= 15 is 0 Å². The van der Waals surface area contributed by atoms with Crippen LogP contribution in [0.25, 0.3) is 0 Å². The van der Waals surface area contributed by atoms with Crippen LogP contribution in [0.2, 0.25) is 0 Å². The van der Waals surface area contributed by atoms with Gasteiger partial charge in [-0.05, 0) is 43.0 Å². The Kier molecular flexibility index (Phi) is 7.76. The lowest BCUT2D eigenvalue weighted by Crippen LogP contribution is -2.48. The SMILES string of the molecule is CCCCC(C)(C)C(O)C(Oc1ccc(N2CCS(=O)(=O)CC2)cc1)C(C)O. The lowest BCUT2D eigenvalue weighted by Gasteiger charge is -2.37. The first-order chi connectivity index (χ1) is 13.1. The molecule has 1 fully saturated rings. The van der Waals surface area contributed by atoms with Crippen LogP contribution in [0.1, 0.15) is 47.0 Å². The summed E-state index contributed by atoms with van der Waals surface area (Å²) in [5.41, 5.74) is 0.580. The minimum atomic E-state index is -2.91. The van der Waals surface area contributed by atoms with Gasteiger partial charge in [-0.1, -0.05) is 33.6 Å². The summed E-state index contributed by atoms with van der Waals surface area (Å²) in [6.45, 7) is 8.72. The summed E-state index contributed by atoms with van der Waals surface area (Å²) in [6, 6.07) is 7.39. The Hall–Kier alpha value is -1.31. The number of anilines is 1. The average Bonchev–Trinajstić information content (AvgIpc) is 2.64. The number of rotatable bonds is 9. The van der Waals surface area contributed by atoms with Crippen LogP contribution in [0.3, 0.4) is 0 Å². The van der Waals surface area contributed by atoms with Gasteiger partial charge in [-0.3, -0.25) is 0 Å². The molecule has 6 nitrogen and oxygen atoms in total. The van der Waals surface area contributed by atoms with Crippen molar-refractivity contribution in [3.8, 4) is 5.75 Å². The van der Waals surface area contributed by atoms with Crippen LogP contribution in [0.5, 0.6) is 5.75 Å². The summed E-state index contributed by atoms with van der Waals surface area (Å²) in [7, 11) is -2.91. The molecule has 1 saturated heterocycles. The number of unbranched alkanes of at least 4 members (excludes halogenated alkanes) is 1. The summed E-state index contributed by atoms with van der Waals surface area (Å²) in [6.07, 6.45) is 0.576. The van der Waals surface area contributed by atoms with E-state index in [0.29, 0.717) is 18.8 Å². The Balaban J connectivity index is 2.05. The Bertz CT molecular complexity index is 701. The molecule has 0 radical (unpaired) electrons. The van der Waals surface area contributed by atoms with E-state index in [1.54, 1.807) is 19.1 Å². The highest BCUT2D eigenvalue weighted by Gasteiger charge is 2.37. The number of hydrogen-bond acceptors (Lipinski definition) is 6. The summed E-state index contributed by atoms with van der Waals surface area (Å²) < 4.78 is 29.1. The summed E-state index contributed by atoms with van der Waals surface area (Å²) >= 11 is 0. The second-order valence-electron chi connectivity index (χ2n) is 8.49. The van der Waals surface area contributed by atoms with Crippen LogP contribution in [-0.2, 0) is 9.84 Å². The zero-order valence-electron chi connectivity index (χ0n) is 17.5. The molecule has 1 heterocycles. The first kappa shape index (κ1) is 23.0. The van der Waals surface area contributed by atoms with Crippen LogP contribution in [0.15, 0.2) is 24.3 Å². The van der Waals surface area contributed by atoms with Gasteiger partial charge in [0.25, 0.3) is 0 Å². The van der Waals surface area contributed by atoms with E-state index in [0.717, 1.165) is 24.9 Å².